The van der Waals surface area contributed by atoms with Crippen LogP contribution in [-0.2, 0) is 19.4 Å². The lowest BCUT2D eigenvalue weighted by Crippen LogP contribution is -2.55. The Balaban J connectivity index is 5.05. The number of hydrogen-bond acceptors (Lipinski definition) is 5. The predicted molar refractivity (Wildman–Crippen MR) is 60.2 cm³/mol. The van der Waals surface area contributed by atoms with Crippen LogP contribution in [0.25, 0.3) is 0 Å². The van der Waals surface area contributed by atoms with Crippen molar-refractivity contribution in [2.45, 2.75) is 37.7 Å². The number of carboxylic acids is 1. The summed E-state index contributed by atoms with van der Waals surface area (Å²) >= 11 is 0. The summed E-state index contributed by atoms with van der Waals surface area (Å²) in [6.45, 7) is 3.52. The second-order valence-electron chi connectivity index (χ2n) is 4.31. The zero-order valence-electron chi connectivity index (χ0n) is 10.1. The van der Waals surface area contributed by atoms with Gasteiger partial charge in [-0.25, -0.2) is 13.2 Å². The SMILES string of the molecule is C[C@@H](O)[C@H](NC(=O)C(C)(C)S(C)(=O)=O)C(=O)O. The third-order valence-corrected chi connectivity index (χ3v) is 4.55. The number of sulfone groups is 1. The molecule has 0 saturated carbocycles. The maximum absolute atomic E-state index is 11.7. The van der Waals surface area contributed by atoms with Gasteiger partial charge in [-0.3, -0.25) is 4.79 Å². The molecule has 100 valence electrons. The highest BCUT2D eigenvalue weighted by atomic mass is 32.2. The van der Waals surface area contributed by atoms with Gasteiger partial charge < -0.3 is 15.5 Å². The van der Waals surface area contributed by atoms with E-state index in [-0.39, 0.29) is 0 Å². The number of rotatable bonds is 5. The molecule has 0 radical (unpaired) electrons. The van der Waals surface area contributed by atoms with Gasteiger partial charge >= 0.3 is 5.97 Å². The first kappa shape index (κ1) is 15.9. The smallest absolute Gasteiger partial charge is 0.328 e. The van der Waals surface area contributed by atoms with Crippen LogP contribution in [0.15, 0.2) is 0 Å². The first-order valence-electron chi connectivity index (χ1n) is 4.82. The van der Waals surface area contributed by atoms with Crippen molar-refractivity contribution in [3.05, 3.63) is 0 Å². The molecular formula is C9H17NO6S. The highest BCUT2D eigenvalue weighted by Gasteiger charge is 2.40. The Morgan fingerprint density at radius 1 is 1.29 bits per heavy atom. The molecule has 1 amide bonds. The van der Waals surface area contributed by atoms with Crippen molar-refractivity contribution in [1.82, 2.24) is 5.32 Å². The zero-order chi connectivity index (χ0) is 14.0. The molecule has 17 heavy (non-hydrogen) atoms. The third kappa shape index (κ3) is 3.67. The molecule has 0 saturated heterocycles. The van der Waals surface area contributed by atoms with E-state index in [1.807, 2.05) is 5.32 Å². The Morgan fingerprint density at radius 3 is 1.94 bits per heavy atom. The normalized spacial score (nSPS) is 16.1. The van der Waals surface area contributed by atoms with Gasteiger partial charge in [-0.2, -0.15) is 0 Å². The number of nitrogens with one attached hydrogen (secondary N) is 1. The third-order valence-electron chi connectivity index (χ3n) is 2.51. The first-order valence-corrected chi connectivity index (χ1v) is 6.72. The van der Waals surface area contributed by atoms with Gasteiger partial charge in [-0.1, -0.05) is 0 Å². The van der Waals surface area contributed by atoms with Gasteiger partial charge in [-0.15, -0.1) is 0 Å². The molecule has 0 unspecified atom stereocenters. The molecule has 0 aromatic rings. The van der Waals surface area contributed by atoms with Crippen LogP contribution in [0, 0.1) is 0 Å². The summed E-state index contributed by atoms with van der Waals surface area (Å²) in [7, 11) is -3.69. The van der Waals surface area contributed by atoms with Crippen molar-refractivity contribution >= 4 is 21.7 Å². The fourth-order valence-corrected chi connectivity index (χ4v) is 1.27. The number of carbonyl (C=O) groups excluding carboxylic acids is 1. The maximum atomic E-state index is 11.7. The molecule has 0 heterocycles. The lowest BCUT2D eigenvalue weighted by Gasteiger charge is -2.25. The summed E-state index contributed by atoms with van der Waals surface area (Å²) in [5.74, 6) is -2.40. The van der Waals surface area contributed by atoms with Crippen LogP contribution in [0.5, 0.6) is 0 Å². The molecule has 0 fully saturated rings. The van der Waals surface area contributed by atoms with E-state index >= 15 is 0 Å². The largest absolute Gasteiger partial charge is 0.480 e. The fourth-order valence-electron chi connectivity index (χ4n) is 0.872. The van der Waals surface area contributed by atoms with E-state index in [1.54, 1.807) is 0 Å². The Bertz CT molecular complexity index is 411. The van der Waals surface area contributed by atoms with Gasteiger partial charge in [0.1, 0.15) is 4.75 Å². The van der Waals surface area contributed by atoms with Crippen LogP contribution in [-0.4, -0.2) is 53.7 Å². The molecule has 0 aliphatic heterocycles. The maximum Gasteiger partial charge on any atom is 0.328 e. The standard InChI is InChI=1S/C9H17NO6S/c1-5(11)6(7(12)13)10-8(14)9(2,3)17(4,15)16/h5-6,11H,1-4H3,(H,10,14)(H,12,13)/t5-,6+/m1/s1. The Kier molecular flexibility index (Phi) is 4.67. The monoisotopic (exact) mass is 267 g/mol. The molecule has 0 aliphatic rings. The number of hydrogen-bond donors (Lipinski definition) is 3. The predicted octanol–water partition coefficient (Wildman–Crippen LogP) is -1.24. The highest BCUT2D eigenvalue weighted by Crippen LogP contribution is 2.15. The lowest BCUT2D eigenvalue weighted by molar-refractivity contribution is -0.145. The minimum Gasteiger partial charge on any atom is -0.480 e. The summed E-state index contributed by atoms with van der Waals surface area (Å²) in [4.78, 5) is 22.4. The van der Waals surface area contributed by atoms with E-state index in [0.717, 1.165) is 6.26 Å². The molecule has 0 bridgehead atoms. The summed E-state index contributed by atoms with van der Waals surface area (Å²) in [5, 5.41) is 19.9. The van der Waals surface area contributed by atoms with E-state index in [9.17, 15) is 18.0 Å². The average molecular weight is 267 g/mol. The van der Waals surface area contributed by atoms with E-state index in [4.69, 9.17) is 10.2 Å². The van der Waals surface area contributed by atoms with Gasteiger partial charge in [0.15, 0.2) is 15.9 Å². The number of aliphatic carboxylic acids is 1. The first-order chi connectivity index (χ1) is 7.41. The Hall–Kier alpha value is -1.15. The molecule has 7 nitrogen and oxygen atoms in total. The van der Waals surface area contributed by atoms with E-state index in [0.29, 0.717) is 0 Å². The molecule has 3 N–H and O–H groups in total. The molecular weight excluding hydrogens is 250 g/mol. The lowest BCUT2D eigenvalue weighted by atomic mass is 10.1. The van der Waals surface area contributed by atoms with Crippen molar-refractivity contribution in [3.8, 4) is 0 Å². The Labute approximate surface area is 99.7 Å². The van der Waals surface area contributed by atoms with Gasteiger partial charge in [0.25, 0.3) is 0 Å². The van der Waals surface area contributed by atoms with Crippen molar-refractivity contribution in [3.63, 3.8) is 0 Å². The van der Waals surface area contributed by atoms with Crippen LogP contribution in [0.2, 0.25) is 0 Å². The summed E-state index contributed by atoms with van der Waals surface area (Å²) in [6.07, 6.45) is -0.447. The fraction of sp³-hybridized carbons (Fsp3) is 0.778. The van der Waals surface area contributed by atoms with Gasteiger partial charge in [0, 0.05) is 6.26 Å². The van der Waals surface area contributed by atoms with Gasteiger partial charge in [0.2, 0.25) is 5.91 Å². The van der Waals surface area contributed by atoms with Gasteiger partial charge in [-0.05, 0) is 20.8 Å². The van der Waals surface area contributed by atoms with Gasteiger partial charge in [0.05, 0.1) is 6.10 Å². The van der Waals surface area contributed by atoms with Crippen molar-refractivity contribution in [2.24, 2.45) is 0 Å². The van der Waals surface area contributed by atoms with Crippen LogP contribution in [0.3, 0.4) is 0 Å². The van der Waals surface area contributed by atoms with Crippen LogP contribution < -0.4 is 5.32 Å². The number of aliphatic hydroxyl groups excluding tert-OH is 1. The number of amides is 1. The van der Waals surface area contributed by atoms with E-state index in [1.165, 1.54) is 20.8 Å². The molecule has 0 aromatic carbocycles. The second-order valence-corrected chi connectivity index (χ2v) is 6.88. The highest BCUT2D eigenvalue weighted by molar-refractivity contribution is 7.92. The number of carboxylic acid groups (broad SMARTS) is 1. The molecule has 0 rings (SSSR count). The summed E-state index contributed by atoms with van der Waals surface area (Å²) in [5.41, 5.74) is 0. The average Bonchev–Trinajstić information content (AvgIpc) is 2.10. The summed E-state index contributed by atoms with van der Waals surface area (Å²) < 4.78 is 20.9. The van der Waals surface area contributed by atoms with Crippen LogP contribution >= 0.6 is 0 Å². The van der Waals surface area contributed by atoms with E-state index in [2.05, 4.69) is 0 Å². The minimum atomic E-state index is -3.69. The van der Waals surface area contributed by atoms with Crippen LogP contribution in [0.1, 0.15) is 20.8 Å². The van der Waals surface area contributed by atoms with Crippen molar-refractivity contribution in [2.75, 3.05) is 6.26 Å². The van der Waals surface area contributed by atoms with E-state index < -0.39 is 38.6 Å². The van der Waals surface area contributed by atoms with Crippen LogP contribution in [0.4, 0.5) is 0 Å². The van der Waals surface area contributed by atoms with Crippen molar-refractivity contribution in [1.29, 1.82) is 0 Å². The topological polar surface area (TPSA) is 121 Å². The molecule has 0 aromatic heterocycles. The quantitative estimate of drug-likeness (QED) is 0.573. The number of aliphatic hydroxyl groups is 1. The minimum absolute atomic E-state index is 0.880. The summed E-state index contributed by atoms with van der Waals surface area (Å²) in [6, 6.07) is -1.54. The molecule has 2 atom stereocenters. The second kappa shape index (κ2) is 5.01. The number of carbonyl (C=O) groups is 2. The molecule has 0 spiro atoms. The molecule has 8 heteroatoms. The Morgan fingerprint density at radius 2 is 1.71 bits per heavy atom. The molecule has 0 aliphatic carbocycles. The van der Waals surface area contributed by atoms with Crippen molar-refractivity contribution < 1.29 is 28.2 Å². The zero-order valence-corrected chi connectivity index (χ0v) is 10.9.